The Morgan fingerprint density at radius 1 is 0.840 bits per heavy atom. The number of anilines is 1. The van der Waals surface area contributed by atoms with E-state index in [2.05, 4.69) is 73.3 Å². The van der Waals surface area contributed by atoms with Gasteiger partial charge in [0, 0.05) is 17.2 Å². The molecule has 2 aromatic carbocycles. The lowest BCUT2D eigenvalue weighted by Gasteiger charge is -2.28. The third-order valence-corrected chi connectivity index (χ3v) is 5.63. The highest BCUT2D eigenvalue weighted by Crippen LogP contribution is 2.46. The van der Waals surface area contributed by atoms with Crippen molar-refractivity contribution in [3.05, 3.63) is 77.2 Å². The van der Waals surface area contributed by atoms with Crippen LogP contribution in [0.15, 0.2) is 66.1 Å². The van der Waals surface area contributed by atoms with Crippen molar-refractivity contribution in [1.29, 1.82) is 0 Å². The second-order valence-electron chi connectivity index (χ2n) is 7.32. The number of aryl methyl sites for hydroxylation is 1. The van der Waals surface area contributed by atoms with E-state index >= 15 is 0 Å². The summed E-state index contributed by atoms with van der Waals surface area (Å²) in [6.45, 7) is 4.42. The smallest absolute Gasteiger partial charge is 0.202 e. The van der Waals surface area contributed by atoms with E-state index in [1.807, 2.05) is 0 Å². The van der Waals surface area contributed by atoms with Crippen molar-refractivity contribution < 1.29 is 4.74 Å². The number of hydrogen-bond acceptors (Lipinski definition) is 2. The molecule has 0 N–H and O–H groups in total. The van der Waals surface area contributed by atoms with E-state index < -0.39 is 0 Å². The van der Waals surface area contributed by atoms with Gasteiger partial charge in [-0.1, -0.05) is 67.8 Å². The minimum Gasteiger partial charge on any atom is -0.468 e. The molecule has 1 heterocycles. The molecule has 2 heteroatoms. The Bertz CT molecular complexity index is 759. The summed E-state index contributed by atoms with van der Waals surface area (Å²) in [5.41, 5.74) is 5.04. The molecule has 2 aromatic rings. The topological polar surface area (TPSA) is 12.5 Å². The SMILES string of the molecule is CC1=C(C2CCCCC2)OC(c2ccccc2)N1c1ccccc1C. The predicted octanol–water partition coefficient (Wildman–Crippen LogP) is 6.34. The largest absolute Gasteiger partial charge is 0.468 e. The fraction of sp³-hybridized carbons (Fsp3) is 0.391. The molecule has 0 bridgehead atoms. The van der Waals surface area contributed by atoms with E-state index in [1.54, 1.807) is 0 Å². The number of benzene rings is 2. The first-order valence-electron chi connectivity index (χ1n) is 9.53. The van der Waals surface area contributed by atoms with Gasteiger partial charge in [0.2, 0.25) is 6.23 Å². The zero-order chi connectivity index (χ0) is 17.2. The molecule has 1 atom stereocenters. The molecule has 2 nitrogen and oxygen atoms in total. The third kappa shape index (κ3) is 3.06. The Kier molecular flexibility index (Phi) is 4.52. The van der Waals surface area contributed by atoms with Crippen LogP contribution >= 0.6 is 0 Å². The van der Waals surface area contributed by atoms with Gasteiger partial charge in [0.25, 0.3) is 0 Å². The Balaban J connectivity index is 1.76. The van der Waals surface area contributed by atoms with Crippen molar-refractivity contribution in [2.24, 2.45) is 5.92 Å². The van der Waals surface area contributed by atoms with Crippen molar-refractivity contribution in [3.8, 4) is 0 Å². The molecule has 130 valence electrons. The number of rotatable bonds is 3. The van der Waals surface area contributed by atoms with Crippen LogP contribution in [0.3, 0.4) is 0 Å². The molecular weight excluding hydrogens is 306 g/mol. The normalized spacial score (nSPS) is 21.5. The maximum Gasteiger partial charge on any atom is 0.202 e. The van der Waals surface area contributed by atoms with Gasteiger partial charge in [0.1, 0.15) is 5.76 Å². The molecular formula is C23H27NO. The molecule has 0 saturated heterocycles. The third-order valence-electron chi connectivity index (χ3n) is 5.63. The summed E-state index contributed by atoms with van der Waals surface area (Å²) in [5.74, 6) is 1.80. The molecule has 0 spiro atoms. The molecule has 1 fully saturated rings. The van der Waals surface area contributed by atoms with Gasteiger partial charge < -0.3 is 9.64 Å². The molecule has 4 rings (SSSR count). The molecule has 1 saturated carbocycles. The Hall–Kier alpha value is -2.22. The minimum atomic E-state index is -0.0563. The lowest BCUT2D eigenvalue weighted by molar-refractivity contribution is 0.112. The monoisotopic (exact) mass is 333 g/mol. The maximum absolute atomic E-state index is 6.63. The summed E-state index contributed by atoms with van der Waals surface area (Å²) in [6, 6.07) is 19.2. The van der Waals surface area contributed by atoms with Crippen LogP contribution in [0, 0.1) is 12.8 Å². The first-order valence-corrected chi connectivity index (χ1v) is 9.53. The number of hydrogen-bond donors (Lipinski definition) is 0. The quantitative estimate of drug-likeness (QED) is 0.649. The fourth-order valence-electron chi connectivity index (χ4n) is 4.28. The van der Waals surface area contributed by atoms with E-state index in [-0.39, 0.29) is 6.23 Å². The van der Waals surface area contributed by atoms with E-state index in [0.29, 0.717) is 5.92 Å². The fourth-order valence-corrected chi connectivity index (χ4v) is 4.28. The van der Waals surface area contributed by atoms with Gasteiger partial charge in [-0.2, -0.15) is 0 Å². The van der Waals surface area contributed by atoms with Gasteiger partial charge in [0.15, 0.2) is 0 Å². The molecule has 1 aliphatic carbocycles. The van der Waals surface area contributed by atoms with Gasteiger partial charge in [-0.3, -0.25) is 0 Å². The first-order chi connectivity index (χ1) is 12.3. The molecule has 0 amide bonds. The van der Waals surface area contributed by atoms with Gasteiger partial charge in [0.05, 0.1) is 5.70 Å². The Morgan fingerprint density at radius 3 is 2.24 bits per heavy atom. The van der Waals surface area contributed by atoms with Gasteiger partial charge in [-0.05, 0) is 38.3 Å². The Labute approximate surface area is 151 Å². The highest BCUT2D eigenvalue weighted by Gasteiger charge is 2.37. The van der Waals surface area contributed by atoms with Crippen LogP contribution in [0.5, 0.6) is 0 Å². The zero-order valence-electron chi connectivity index (χ0n) is 15.2. The van der Waals surface area contributed by atoms with E-state index in [9.17, 15) is 0 Å². The molecule has 25 heavy (non-hydrogen) atoms. The summed E-state index contributed by atoms with van der Waals surface area (Å²) in [5, 5.41) is 0. The molecule has 1 unspecified atom stereocenters. The second-order valence-corrected chi connectivity index (χ2v) is 7.32. The summed E-state index contributed by atoms with van der Waals surface area (Å²) in [4.78, 5) is 2.40. The zero-order valence-corrected chi connectivity index (χ0v) is 15.2. The van der Waals surface area contributed by atoms with Gasteiger partial charge in [-0.15, -0.1) is 0 Å². The van der Waals surface area contributed by atoms with E-state index in [4.69, 9.17) is 4.74 Å². The average Bonchev–Trinajstić information content (AvgIpc) is 3.01. The van der Waals surface area contributed by atoms with Crippen molar-refractivity contribution in [2.45, 2.75) is 52.2 Å². The predicted molar refractivity (Wildman–Crippen MR) is 103 cm³/mol. The summed E-state index contributed by atoms with van der Waals surface area (Å²) < 4.78 is 6.63. The first kappa shape index (κ1) is 16.3. The number of nitrogens with zero attached hydrogens (tertiary/aromatic N) is 1. The van der Waals surface area contributed by atoms with Crippen molar-refractivity contribution in [1.82, 2.24) is 0 Å². The van der Waals surface area contributed by atoms with Crippen LogP contribution in [0.25, 0.3) is 0 Å². The molecule has 1 aliphatic heterocycles. The van der Waals surface area contributed by atoms with E-state index in [0.717, 1.165) is 0 Å². The van der Waals surface area contributed by atoms with Gasteiger partial charge >= 0.3 is 0 Å². The second kappa shape index (κ2) is 6.95. The molecule has 2 aliphatic rings. The molecule has 0 aromatic heterocycles. The number of para-hydroxylation sites is 1. The highest BCUT2D eigenvalue weighted by atomic mass is 16.5. The maximum atomic E-state index is 6.63. The van der Waals surface area contributed by atoms with Crippen LogP contribution in [0.4, 0.5) is 5.69 Å². The number of allylic oxidation sites excluding steroid dienone is 2. The lowest BCUT2D eigenvalue weighted by Crippen LogP contribution is -2.23. The van der Waals surface area contributed by atoms with Crippen LogP contribution in [-0.2, 0) is 4.74 Å². The minimum absolute atomic E-state index is 0.0563. The van der Waals surface area contributed by atoms with Crippen molar-refractivity contribution in [2.75, 3.05) is 4.90 Å². The lowest BCUT2D eigenvalue weighted by atomic mass is 9.87. The average molecular weight is 333 g/mol. The summed E-state index contributed by atoms with van der Waals surface area (Å²) in [6.07, 6.45) is 6.48. The highest BCUT2D eigenvalue weighted by molar-refractivity contribution is 5.60. The van der Waals surface area contributed by atoms with Crippen LogP contribution in [-0.4, -0.2) is 0 Å². The summed E-state index contributed by atoms with van der Waals surface area (Å²) >= 11 is 0. The number of ether oxygens (including phenoxy) is 1. The Morgan fingerprint density at radius 2 is 1.52 bits per heavy atom. The van der Waals surface area contributed by atoms with Crippen LogP contribution in [0.1, 0.15) is 56.4 Å². The van der Waals surface area contributed by atoms with Crippen molar-refractivity contribution in [3.63, 3.8) is 0 Å². The van der Waals surface area contributed by atoms with Crippen LogP contribution < -0.4 is 4.90 Å². The van der Waals surface area contributed by atoms with Crippen molar-refractivity contribution >= 4 is 5.69 Å². The summed E-state index contributed by atoms with van der Waals surface area (Å²) in [7, 11) is 0. The van der Waals surface area contributed by atoms with Gasteiger partial charge in [-0.25, -0.2) is 0 Å². The standard InChI is InChI=1S/C23H27NO/c1-17-11-9-10-16-21(17)24-18(2)22(19-12-5-3-6-13-19)25-23(24)20-14-7-4-8-15-20/h4,7-11,14-16,19,23H,3,5-6,12-13H2,1-2H3. The van der Waals surface area contributed by atoms with Crippen LogP contribution in [0.2, 0.25) is 0 Å². The molecule has 0 radical (unpaired) electrons. The van der Waals surface area contributed by atoms with E-state index in [1.165, 1.54) is 60.4 Å².